The topological polar surface area (TPSA) is 110 Å². The maximum atomic E-state index is 12.9. The number of amides is 2. The number of aromatic nitrogens is 5. The highest BCUT2D eigenvalue weighted by molar-refractivity contribution is 7.17. The highest BCUT2D eigenvalue weighted by atomic mass is 32.1. The van der Waals surface area contributed by atoms with Crippen LogP contribution in [0, 0.1) is 0 Å². The molecule has 166 valence electrons. The minimum Gasteiger partial charge on any atom is -0.348 e. The summed E-state index contributed by atoms with van der Waals surface area (Å²) in [6.45, 7) is 2.60. The molecule has 0 unspecified atom stereocenters. The zero-order valence-corrected chi connectivity index (χ0v) is 19.2. The van der Waals surface area contributed by atoms with E-state index in [0.717, 1.165) is 23.7 Å². The van der Waals surface area contributed by atoms with Crippen LogP contribution in [0.2, 0.25) is 0 Å². The molecule has 11 heteroatoms. The molecular weight excluding hydrogens is 428 g/mol. The van der Waals surface area contributed by atoms with Crippen LogP contribution >= 0.6 is 11.3 Å². The van der Waals surface area contributed by atoms with Gasteiger partial charge in [0.1, 0.15) is 21.7 Å². The Hall–Kier alpha value is -3.47. The van der Waals surface area contributed by atoms with E-state index < -0.39 is 0 Å². The second-order valence-corrected chi connectivity index (χ2v) is 9.16. The Morgan fingerprint density at radius 1 is 1.28 bits per heavy atom. The van der Waals surface area contributed by atoms with Crippen LogP contribution in [0.25, 0.3) is 22.1 Å². The van der Waals surface area contributed by atoms with Crippen LogP contribution in [0.1, 0.15) is 39.9 Å². The van der Waals surface area contributed by atoms with Gasteiger partial charge in [-0.25, -0.2) is 15.0 Å². The fraction of sp³-hybridized carbons (Fsp3) is 0.381. The van der Waals surface area contributed by atoms with Crippen LogP contribution in [0.4, 0.5) is 10.9 Å². The van der Waals surface area contributed by atoms with E-state index in [1.54, 1.807) is 26.6 Å². The first-order chi connectivity index (χ1) is 15.4. The summed E-state index contributed by atoms with van der Waals surface area (Å²) in [7, 11) is 5.33. The smallest absolute Gasteiger partial charge is 0.268 e. The van der Waals surface area contributed by atoms with Crippen molar-refractivity contribution in [2.45, 2.75) is 32.4 Å². The Balaban J connectivity index is 1.61. The lowest BCUT2D eigenvalue weighted by Gasteiger charge is -2.09. The third kappa shape index (κ3) is 3.38. The van der Waals surface area contributed by atoms with E-state index in [2.05, 4.69) is 20.6 Å². The number of fused-ring (bicyclic) bond motifs is 3. The number of nitrogens with one attached hydrogen (secondary N) is 2. The first kappa shape index (κ1) is 20.4. The Kier molecular flexibility index (Phi) is 4.85. The van der Waals surface area contributed by atoms with E-state index in [9.17, 15) is 9.59 Å². The Bertz CT molecular complexity index is 1360. The van der Waals surface area contributed by atoms with Crippen molar-refractivity contribution in [3.63, 3.8) is 0 Å². The Morgan fingerprint density at radius 2 is 2.06 bits per heavy atom. The molecule has 4 heterocycles. The molecule has 2 amide bonds. The summed E-state index contributed by atoms with van der Waals surface area (Å²) in [4.78, 5) is 40.8. The van der Waals surface area contributed by atoms with E-state index in [4.69, 9.17) is 4.98 Å². The van der Waals surface area contributed by atoms with Gasteiger partial charge in [0.2, 0.25) is 0 Å². The lowest BCUT2D eigenvalue weighted by Crippen LogP contribution is -2.27. The van der Waals surface area contributed by atoms with Gasteiger partial charge in [-0.15, -0.1) is 0 Å². The fourth-order valence-electron chi connectivity index (χ4n) is 3.75. The number of pyridine rings is 1. The van der Waals surface area contributed by atoms with Crippen LogP contribution in [0.3, 0.4) is 0 Å². The van der Waals surface area contributed by atoms with Gasteiger partial charge in [-0.2, -0.15) is 0 Å². The van der Waals surface area contributed by atoms with Crippen LogP contribution < -0.4 is 10.6 Å². The lowest BCUT2D eigenvalue weighted by molar-refractivity contribution is 0.0831. The predicted molar refractivity (Wildman–Crippen MR) is 124 cm³/mol. The minimum atomic E-state index is -0.104. The second-order valence-electron chi connectivity index (χ2n) is 8.13. The summed E-state index contributed by atoms with van der Waals surface area (Å²) in [5.41, 5.74) is 2.85. The number of nitrogens with zero attached hydrogens (tertiary/aromatic N) is 6. The molecule has 2 N–H and O–H groups in total. The summed E-state index contributed by atoms with van der Waals surface area (Å²) >= 11 is 1.26. The van der Waals surface area contributed by atoms with Gasteiger partial charge in [-0.05, 0) is 25.8 Å². The first-order valence-electron chi connectivity index (χ1n) is 10.5. The van der Waals surface area contributed by atoms with Crippen LogP contribution in [0.15, 0.2) is 18.6 Å². The molecule has 1 saturated carbocycles. The molecule has 5 rings (SSSR count). The summed E-state index contributed by atoms with van der Waals surface area (Å²) < 4.78 is 3.85. The summed E-state index contributed by atoms with van der Waals surface area (Å²) in [5, 5.41) is 7.73. The number of thiazole rings is 1. The number of hydrogen-bond donors (Lipinski definition) is 2. The number of carbonyl (C=O) groups is 2. The van der Waals surface area contributed by atoms with Gasteiger partial charge in [-0.3, -0.25) is 9.59 Å². The summed E-state index contributed by atoms with van der Waals surface area (Å²) in [6.07, 6.45) is 5.34. The highest BCUT2D eigenvalue weighted by Gasteiger charge is 2.27. The summed E-state index contributed by atoms with van der Waals surface area (Å²) in [5.74, 6) is 0.352. The van der Waals surface area contributed by atoms with Gasteiger partial charge >= 0.3 is 0 Å². The maximum Gasteiger partial charge on any atom is 0.268 e. The van der Waals surface area contributed by atoms with E-state index in [1.807, 2.05) is 29.2 Å². The normalized spacial score (nSPS) is 13.6. The average Bonchev–Trinajstić information content (AvgIpc) is 3.16. The Labute approximate surface area is 188 Å². The molecule has 10 nitrogen and oxygen atoms in total. The molecule has 32 heavy (non-hydrogen) atoms. The average molecular weight is 453 g/mol. The molecule has 0 spiro atoms. The van der Waals surface area contributed by atoms with E-state index >= 15 is 0 Å². The van der Waals surface area contributed by atoms with Crippen LogP contribution in [-0.2, 0) is 13.6 Å². The quantitative estimate of drug-likeness (QED) is 0.466. The second kappa shape index (κ2) is 7.59. The van der Waals surface area contributed by atoms with Crippen LogP contribution in [0.5, 0.6) is 0 Å². The lowest BCUT2D eigenvalue weighted by atomic mass is 10.2. The van der Waals surface area contributed by atoms with Crippen LogP contribution in [-0.4, -0.2) is 60.9 Å². The summed E-state index contributed by atoms with van der Waals surface area (Å²) in [6, 6.07) is 2.17. The molecule has 0 radical (unpaired) electrons. The zero-order valence-electron chi connectivity index (χ0n) is 18.3. The van der Waals surface area contributed by atoms with Crippen molar-refractivity contribution in [1.82, 2.24) is 34.3 Å². The van der Waals surface area contributed by atoms with Gasteiger partial charge in [0, 0.05) is 39.1 Å². The molecule has 0 bridgehead atoms. The van der Waals surface area contributed by atoms with Crippen molar-refractivity contribution in [1.29, 1.82) is 0 Å². The third-order valence-electron chi connectivity index (χ3n) is 5.51. The Morgan fingerprint density at radius 3 is 2.75 bits per heavy atom. The molecule has 1 aliphatic carbocycles. The van der Waals surface area contributed by atoms with Crippen molar-refractivity contribution < 1.29 is 9.59 Å². The molecule has 0 atom stereocenters. The molecular formula is C21H24N8O2S. The first-order valence-corrected chi connectivity index (χ1v) is 11.3. The largest absolute Gasteiger partial charge is 0.348 e. The van der Waals surface area contributed by atoms with Gasteiger partial charge in [0.05, 0.1) is 18.0 Å². The van der Waals surface area contributed by atoms with Crippen molar-refractivity contribution in [2.75, 3.05) is 19.4 Å². The standard InChI is InChI=1S/C21H24N8O2S/c1-5-29-13(19(30)24-11-6-7-11)8-12-16-15(23-10-28(16)4)17(25-18(12)29)26-21-22-9-14(32-21)20(31)27(2)3/h8-11H,5-7H2,1-4H3,(H,24,30)(H,22,25,26). The van der Waals surface area contributed by atoms with E-state index in [-0.39, 0.29) is 17.9 Å². The molecule has 0 aromatic carbocycles. The van der Waals surface area contributed by atoms with Gasteiger partial charge in [0.15, 0.2) is 10.9 Å². The number of rotatable bonds is 6. The van der Waals surface area contributed by atoms with E-state index in [1.165, 1.54) is 16.2 Å². The molecule has 4 aromatic rings. The third-order valence-corrected chi connectivity index (χ3v) is 6.41. The van der Waals surface area contributed by atoms with Gasteiger partial charge < -0.3 is 24.7 Å². The zero-order chi connectivity index (χ0) is 22.6. The van der Waals surface area contributed by atoms with Crippen molar-refractivity contribution >= 4 is 56.2 Å². The monoisotopic (exact) mass is 452 g/mol. The van der Waals surface area contributed by atoms with Crippen molar-refractivity contribution in [3.05, 3.63) is 29.2 Å². The SMILES string of the molecule is CCn1c(C(=O)NC2CC2)cc2c3c(ncn3C)c(Nc3ncc(C(=O)N(C)C)s3)nc21. The molecule has 0 aliphatic heterocycles. The van der Waals surface area contributed by atoms with Crippen molar-refractivity contribution in [3.8, 4) is 0 Å². The fourth-order valence-corrected chi connectivity index (χ4v) is 4.59. The van der Waals surface area contributed by atoms with Gasteiger partial charge in [-0.1, -0.05) is 11.3 Å². The number of hydrogen-bond acceptors (Lipinski definition) is 7. The van der Waals surface area contributed by atoms with Crippen molar-refractivity contribution in [2.24, 2.45) is 7.05 Å². The molecule has 4 aromatic heterocycles. The highest BCUT2D eigenvalue weighted by Crippen LogP contribution is 2.33. The number of anilines is 2. The van der Waals surface area contributed by atoms with Gasteiger partial charge in [0.25, 0.3) is 11.8 Å². The number of aryl methyl sites for hydroxylation is 2. The maximum absolute atomic E-state index is 12.9. The number of imidazole rings is 1. The van der Waals surface area contributed by atoms with E-state index in [0.29, 0.717) is 39.2 Å². The molecule has 0 saturated heterocycles. The molecule has 1 aliphatic rings. The minimum absolute atomic E-state index is 0.0797. The number of carbonyl (C=O) groups excluding carboxylic acids is 2. The molecule has 1 fully saturated rings. The predicted octanol–water partition coefficient (Wildman–Crippen LogP) is 2.74.